The fourth-order valence-electron chi connectivity index (χ4n) is 1.77. The predicted molar refractivity (Wildman–Crippen MR) is 81.8 cm³/mol. The van der Waals surface area contributed by atoms with E-state index in [1.807, 2.05) is 37.4 Å². The van der Waals surface area contributed by atoms with Crippen LogP contribution in [-0.2, 0) is 0 Å². The maximum absolute atomic E-state index is 5.33. The van der Waals surface area contributed by atoms with Crippen molar-refractivity contribution >= 4 is 17.5 Å². The molecule has 5 heteroatoms. The number of aryl methyl sites for hydroxylation is 1. The van der Waals surface area contributed by atoms with Crippen molar-refractivity contribution in [2.75, 3.05) is 24.3 Å². The molecule has 2 aromatic rings. The molecule has 0 saturated heterocycles. The van der Waals surface area contributed by atoms with Gasteiger partial charge in [0, 0.05) is 18.3 Å². The zero-order valence-corrected chi connectivity index (χ0v) is 12.1. The summed E-state index contributed by atoms with van der Waals surface area (Å²) in [4.78, 5) is 8.76. The summed E-state index contributed by atoms with van der Waals surface area (Å²) in [5, 5.41) is 6.48. The molecule has 1 aromatic carbocycles. The molecule has 1 aromatic heterocycles. The van der Waals surface area contributed by atoms with Crippen molar-refractivity contribution in [1.29, 1.82) is 0 Å². The lowest BCUT2D eigenvalue weighted by Crippen LogP contribution is -2.07. The molecule has 0 atom stereocenters. The monoisotopic (exact) mass is 272 g/mol. The maximum Gasteiger partial charge on any atom is 0.224 e. The lowest BCUT2D eigenvalue weighted by atomic mass is 10.2. The molecule has 5 nitrogen and oxygen atoms in total. The standard InChI is InChI=1S/C15H20N4O/c1-4-9-16-15-17-10-11(2)14(19-15)18-12-7-5-6-8-13(12)20-3/h5-8,10H,4,9H2,1-3H3,(H2,16,17,18,19). The largest absolute Gasteiger partial charge is 0.495 e. The summed E-state index contributed by atoms with van der Waals surface area (Å²) in [5.41, 5.74) is 1.87. The van der Waals surface area contributed by atoms with E-state index in [2.05, 4.69) is 27.5 Å². The van der Waals surface area contributed by atoms with E-state index in [1.165, 1.54) is 0 Å². The molecule has 2 rings (SSSR count). The quantitative estimate of drug-likeness (QED) is 0.844. The Morgan fingerprint density at radius 3 is 2.80 bits per heavy atom. The van der Waals surface area contributed by atoms with E-state index in [-0.39, 0.29) is 0 Å². The first-order valence-electron chi connectivity index (χ1n) is 6.72. The summed E-state index contributed by atoms with van der Waals surface area (Å²) in [5.74, 6) is 2.20. The molecule has 106 valence electrons. The van der Waals surface area contributed by atoms with Crippen molar-refractivity contribution in [2.45, 2.75) is 20.3 Å². The van der Waals surface area contributed by atoms with Crippen LogP contribution in [0.3, 0.4) is 0 Å². The molecule has 0 aliphatic heterocycles. The topological polar surface area (TPSA) is 59.1 Å². The normalized spacial score (nSPS) is 10.2. The summed E-state index contributed by atoms with van der Waals surface area (Å²) in [6.45, 7) is 4.94. The van der Waals surface area contributed by atoms with Crippen molar-refractivity contribution in [2.24, 2.45) is 0 Å². The number of methoxy groups -OCH3 is 1. The van der Waals surface area contributed by atoms with Gasteiger partial charge in [-0.15, -0.1) is 0 Å². The smallest absolute Gasteiger partial charge is 0.224 e. The Kier molecular flexibility index (Phi) is 4.76. The van der Waals surface area contributed by atoms with E-state index < -0.39 is 0 Å². The Bertz CT molecular complexity index is 572. The minimum Gasteiger partial charge on any atom is -0.495 e. The number of anilines is 3. The van der Waals surface area contributed by atoms with Crippen molar-refractivity contribution in [1.82, 2.24) is 9.97 Å². The third kappa shape index (κ3) is 3.38. The number of benzene rings is 1. The Labute approximate surface area is 119 Å². The first-order valence-corrected chi connectivity index (χ1v) is 6.72. The van der Waals surface area contributed by atoms with Crippen LogP contribution in [-0.4, -0.2) is 23.6 Å². The molecular formula is C15H20N4O. The Morgan fingerprint density at radius 2 is 2.05 bits per heavy atom. The second kappa shape index (κ2) is 6.75. The number of rotatable bonds is 6. The summed E-state index contributed by atoms with van der Waals surface area (Å²) in [6, 6.07) is 7.76. The van der Waals surface area contributed by atoms with Crippen LogP contribution >= 0.6 is 0 Å². The molecule has 0 unspecified atom stereocenters. The van der Waals surface area contributed by atoms with Gasteiger partial charge in [0.1, 0.15) is 11.6 Å². The summed E-state index contributed by atoms with van der Waals surface area (Å²) >= 11 is 0. The van der Waals surface area contributed by atoms with Crippen LogP contribution < -0.4 is 15.4 Å². The fraction of sp³-hybridized carbons (Fsp3) is 0.333. The van der Waals surface area contributed by atoms with Crippen LogP contribution in [0.5, 0.6) is 5.75 Å². The van der Waals surface area contributed by atoms with E-state index in [1.54, 1.807) is 7.11 Å². The van der Waals surface area contributed by atoms with Gasteiger partial charge in [0.2, 0.25) is 5.95 Å². The highest BCUT2D eigenvalue weighted by Crippen LogP contribution is 2.27. The van der Waals surface area contributed by atoms with Gasteiger partial charge in [-0.25, -0.2) is 4.98 Å². The molecule has 0 saturated carbocycles. The number of aromatic nitrogens is 2. The van der Waals surface area contributed by atoms with Gasteiger partial charge < -0.3 is 15.4 Å². The average Bonchev–Trinajstić information content (AvgIpc) is 2.48. The van der Waals surface area contributed by atoms with Gasteiger partial charge >= 0.3 is 0 Å². The fourth-order valence-corrected chi connectivity index (χ4v) is 1.77. The summed E-state index contributed by atoms with van der Waals surface area (Å²) in [6.07, 6.45) is 2.84. The summed E-state index contributed by atoms with van der Waals surface area (Å²) in [7, 11) is 1.65. The number of nitrogens with zero attached hydrogens (tertiary/aromatic N) is 2. The molecule has 0 spiro atoms. The Hall–Kier alpha value is -2.30. The third-order valence-electron chi connectivity index (χ3n) is 2.86. The summed E-state index contributed by atoms with van der Waals surface area (Å²) < 4.78 is 5.33. The minimum atomic E-state index is 0.634. The number of ether oxygens (including phenoxy) is 1. The molecule has 20 heavy (non-hydrogen) atoms. The van der Waals surface area contributed by atoms with Crippen LogP contribution in [0.25, 0.3) is 0 Å². The van der Waals surface area contributed by atoms with Crippen LogP contribution in [0.4, 0.5) is 17.5 Å². The van der Waals surface area contributed by atoms with Crippen LogP contribution in [0.2, 0.25) is 0 Å². The van der Waals surface area contributed by atoms with Crippen molar-refractivity contribution in [3.63, 3.8) is 0 Å². The zero-order valence-electron chi connectivity index (χ0n) is 12.1. The zero-order chi connectivity index (χ0) is 14.4. The van der Waals surface area contributed by atoms with Gasteiger partial charge in [-0.1, -0.05) is 19.1 Å². The van der Waals surface area contributed by atoms with E-state index in [4.69, 9.17) is 4.74 Å². The second-order valence-electron chi connectivity index (χ2n) is 4.48. The Morgan fingerprint density at radius 1 is 1.25 bits per heavy atom. The lowest BCUT2D eigenvalue weighted by molar-refractivity contribution is 0.417. The molecule has 0 aliphatic rings. The molecule has 1 heterocycles. The molecule has 0 aliphatic carbocycles. The third-order valence-corrected chi connectivity index (χ3v) is 2.86. The van der Waals surface area contributed by atoms with Crippen molar-refractivity contribution in [3.05, 3.63) is 36.0 Å². The van der Waals surface area contributed by atoms with Gasteiger partial charge in [-0.3, -0.25) is 0 Å². The van der Waals surface area contributed by atoms with Gasteiger partial charge in [0.25, 0.3) is 0 Å². The molecule has 0 amide bonds. The molecular weight excluding hydrogens is 252 g/mol. The van der Waals surface area contributed by atoms with Gasteiger partial charge in [0.05, 0.1) is 12.8 Å². The van der Waals surface area contributed by atoms with Crippen molar-refractivity contribution < 1.29 is 4.74 Å². The van der Waals surface area contributed by atoms with E-state index in [0.29, 0.717) is 5.95 Å². The highest BCUT2D eigenvalue weighted by molar-refractivity contribution is 5.66. The molecule has 2 N–H and O–H groups in total. The number of nitrogens with one attached hydrogen (secondary N) is 2. The van der Waals surface area contributed by atoms with Gasteiger partial charge in [0.15, 0.2) is 0 Å². The second-order valence-corrected chi connectivity index (χ2v) is 4.48. The highest BCUT2D eigenvalue weighted by Gasteiger charge is 2.07. The maximum atomic E-state index is 5.33. The van der Waals surface area contributed by atoms with Crippen LogP contribution in [0.1, 0.15) is 18.9 Å². The predicted octanol–water partition coefficient (Wildman–Crippen LogP) is 3.36. The van der Waals surface area contributed by atoms with Crippen LogP contribution in [0.15, 0.2) is 30.5 Å². The molecule has 0 bridgehead atoms. The first kappa shape index (κ1) is 14.1. The first-order chi connectivity index (χ1) is 9.74. The van der Waals surface area contributed by atoms with Crippen LogP contribution in [0, 0.1) is 6.92 Å². The average molecular weight is 272 g/mol. The number of hydrogen-bond donors (Lipinski definition) is 2. The number of hydrogen-bond acceptors (Lipinski definition) is 5. The lowest BCUT2D eigenvalue weighted by Gasteiger charge is -2.13. The van der Waals surface area contributed by atoms with Gasteiger partial charge in [-0.05, 0) is 25.5 Å². The van der Waals surface area contributed by atoms with Gasteiger partial charge in [-0.2, -0.15) is 4.98 Å². The van der Waals surface area contributed by atoms with E-state index in [0.717, 1.165) is 35.8 Å². The SMILES string of the molecule is CCCNc1ncc(C)c(Nc2ccccc2OC)n1. The minimum absolute atomic E-state index is 0.634. The highest BCUT2D eigenvalue weighted by atomic mass is 16.5. The molecule has 0 radical (unpaired) electrons. The molecule has 0 fully saturated rings. The van der Waals surface area contributed by atoms with E-state index >= 15 is 0 Å². The number of para-hydroxylation sites is 2. The Balaban J connectivity index is 2.23. The van der Waals surface area contributed by atoms with Crippen molar-refractivity contribution in [3.8, 4) is 5.75 Å². The van der Waals surface area contributed by atoms with E-state index in [9.17, 15) is 0 Å².